The molecule has 0 aromatic heterocycles. The van der Waals surface area contributed by atoms with Crippen LogP contribution in [0, 0.1) is 0 Å². The molecule has 10 heteroatoms. The second kappa shape index (κ2) is 50.8. The topological polar surface area (TPSA) is 176 Å². The van der Waals surface area contributed by atoms with Crippen LogP contribution in [0.15, 0.2) is 0 Å². The van der Waals surface area contributed by atoms with Gasteiger partial charge in [0.25, 0.3) is 0 Å². The monoisotopic (exact) mass is 614 g/mol. The Balaban J connectivity index is -0.0000000586. The third kappa shape index (κ3) is 63.3. The van der Waals surface area contributed by atoms with Gasteiger partial charge in [-0.25, -0.2) is 0 Å². The first kappa shape index (κ1) is 42.5. The van der Waals surface area contributed by atoms with Gasteiger partial charge in [0.15, 0.2) is 0 Å². The number of rotatable bonds is 14. The van der Waals surface area contributed by atoms with E-state index in [1.54, 1.807) is 0 Å². The first-order valence-electron chi connectivity index (χ1n) is 9.03. The van der Waals surface area contributed by atoms with E-state index in [1.165, 1.54) is 30.1 Å². The van der Waals surface area contributed by atoms with Crippen LogP contribution in [-0.4, -0.2) is 74.3 Å². The van der Waals surface area contributed by atoms with Gasteiger partial charge in [-0.3, -0.25) is 0 Å². The Hall–Kier alpha value is 2.46. The van der Waals surface area contributed by atoms with Crippen LogP contribution in [0.25, 0.3) is 0 Å². The maximum absolute atomic E-state index is 5.31. The molecule has 0 heterocycles. The fourth-order valence-electron chi connectivity index (χ4n) is 1.29. The molecule has 160 valence electrons. The van der Waals surface area contributed by atoms with Crippen LogP contribution < -0.4 is 102 Å². The van der Waals surface area contributed by atoms with Crippen LogP contribution in [0.5, 0.6) is 0 Å². The maximum Gasteiger partial charge on any atom is 1.00 e. The molecule has 0 fully saturated rings. The molecule has 0 saturated carbocycles. The van der Waals surface area contributed by atoms with Gasteiger partial charge in [0, 0.05) is 52.4 Å². The third-order valence-electron chi connectivity index (χ3n) is 2.64. The Kier molecular flexibility index (Phi) is 83.1. The Bertz CT molecular complexity index is 166. The summed E-state index contributed by atoms with van der Waals surface area (Å²) < 4.78 is 1.31. The molecule has 0 aromatic carbocycles. The second-order valence-electron chi connectivity index (χ2n) is 5.01. The molecule has 0 amide bonds. The van der Waals surface area contributed by atoms with Gasteiger partial charge in [-0.05, 0) is 23.8 Å². The van der Waals surface area contributed by atoms with Gasteiger partial charge in [-0.2, -0.15) is 0 Å². The first-order valence-corrected chi connectivity index (χ1v) is 10.6. The summed E-state index contributed by atoms with van der Waals surface area (Å²) in [5, 5.41) is 9.60. The number of alkyl halides is 1. The maximum atomic E-state index is 5.31. The Morgan fingerprint density at radius 2 is 1.00 bits per heavy atom. The number of hydrogen-bond acceptors (Lipinski definition) is 7. The van der Waals surface area contributed by atoms with Gasteiger partial charge in [0.05, 0.1) is 0 Å². The van der Waals surface area contributed by atoms with Crippen molar-refractivity contribution in [3.8, 4) is 0 Å². The summed E-state index contributed by atoms with van der Waals surface area (Å²) in [6.07, 6.45) is 5.25. The SMILES string of the molecule is CCCCI.CCCCNCCNCCN.NCCNCCN.O.[Cs+].[OH-]. The van der Waals surface area contributed by atoms with Crippen LogP contribution >= 0.6 is 22.6 Å². The van der Waals surface area contributed by atoms with Crippen molar-refractivity contribution in [2.75, 3.05) is 63.3 Å². The summed E-state index contributed by atoms with van der Waals surface area (Å²) in [5.74, 6) is 0. The van der Waals surface area contributed by atoms with Crippen LogP contribution in [-0.2, 0) is 0 Å². The molecule has 8 nitrogen and oxygen atoms in total. The summed E-state index contributed by atoms with van der Waals surface area (Å²) in [6.45, 7) is 12.4. The Morgan fingerprint density at radius 3 is 1.27 bits per heavy atom. The van der Waals surface area contributed by atoms with Gasteiger partial charge in [0.2, 0.25) is 0 Å². The van der Waals surface area contributed by atoms with Crippen molar-refractivity contribution >= 4 is 22.6 Å². The number of unbranched alkanes of at least 4 members (excludes halogenated alkanes) is 2. The minimum atomic E-state index is 0. The fourth-order valence-corrected chi connectivity index (χ4v) is 2.06. The van der Waals surface area contributed by atoms with Crippen LogP contribution in [0.4, 0.5) is 0 Å². The smallest absolute Gasteiger partial charge is 0.870 e. The molecule has 0 radical (unpaired) electrons. The molecular weight excluding hydrogens is 568 g/mol. The molecule has 26 heavy (non-hydrogen) atoms. The number of halogens is 1. The van der Waals surface area contributed by atoms with Crippen molar-refractivity contribution in [1.82, 2.24) is 16.0 Å². The van der Waals surface area contributed by atoms with E-state index < -0.39 is 0 Å². The van der Waals surface area contributed by atoms with Crippen molar-refractivity contribution in [2.24, 2.45) is 17.2 Å². The van der Waals surface area contributed by atoms with Crippen molar-refractivity contribution in [1.29, 1.82) is 0 Å². The van der Waals surface area contributed by atoms with E-state index in [4.69, 9.17) is 17.2 Å². The molecular formula is C16H46CsIN6O2. The predicted octanol–water partition coefficient (Wildman–Crippen LogP) is -3.36. The quantitative estimate of drug-likeness (QED) is 0.0673. The van der Waals surface area contributed by atoms with Gasteiger partial charge >= 0.3 is 68.9 Å². The van der Waals surface area contributed by atoms with E-state index in [2.05, 4.69) is 52.4 Å². The van der Waals surface area contributed by atoms with Crippen molar-refractivity contribution in [2.45, 2.75) is 39.5 Å². The van der Waals surface area contributed by atoms with E-state index in [-0.39, 0.29) is 79.8 Å². The fraction of sp³-hybridized carbons (Fsp3) is 1.00. The van der Waals surface area contributed by atoms with Crippen LogP contribution in [0.3, 0.4) is 0 Å². The Morgan fingerprint density at radius 1 is 0.654 bits per heavy atom. The molecule has 0 aliphatic rings. The molecule has 12 N–H and O–H groups in total. The number of nitrogens with one attached hydrogen (secondary N) is 3. The normalized spacial score (nSPS) is 8.54. The molecule has 0 bridgehead atoms. The first-order chi connectivity index (χ1) is 11.2. The molecule has 0 spiro atoms. The molecule has 0 saturated heterocycles. The van der Waals surface area contributed by atoms with E-state index in [1.807, 2.05) is 0 Å². The molecule has 0 unspecified atom stereocenters. The van der Waals surface area contributed by atoms with E-state index >= 15 is 0 Å². The second-order valence-corrected chi connectivity index (χ2v) is 6.09. The number of hydrogen-bond donors (Lipinski definition) is 6. The largest absolute Gasteiger partial charge is 1.00 e. The average Bonchev–Trinajstić information content (AvgIpc) is 2.57. The predicted molar refractivity (Wildman–Crippen MR) is 120 cm³/mol. The molecule has 0 aliphatic heterocycles. The standard InChI is InChI=1S/C8H21N3.C4H9I.C4H13N3.Cs.2H2O/c1-2-3-5-10-7-8-11-6-4-9;1-2-3-4-5;5-1-3-7-4-2-6;;;/h10-11H,2-9H2,1H3;2-4H2,1H3;7H,1-6H2;;2*1H2/q;;;+1;;/p-1. The van der Waals surface area contributed by atoms with Crippen LogP contribution in [0.1, 0.15) is 39.5 Å². The molecule has 0 atom stereocenters. The van der Waals surface area contributed by atoms with E-state index in [0.717, 1.165) is 45.8 Å². The summed E-state index contributed by atoms with van der Waals surface area (Å²) in [5.41, 5.74) is 15.6. The molecule has 0 aliphatic carbocycles. The average molecular weight is 614 g/mol. The van der Waals surface area contributed by atoms with Crippen molar-refractivity contribution < 1.29 is 79.8 Å². The van der Waals surface area contributed by atoms with Gasteiger partial charge < -0.3 is 44.1 Å². The minimum Gasteiger partial charge on any atom is -0.870 e. The summed E-state index contributed by atoms with van der Waals surface area (Å²) in [7, 11) is 0. The minimum absolute atomic E-state index is 0. The van der Waals surface area contributed by atoms with Crippen LogP contribution in [0.2, 0.25) is 0 Å². The zero-order valence-electron chi connectivity index (χ0n) is 17.5. The third-order valence-corrected chi connectivity index (χ3v) is 3.40. The zero-order chi connectivity index (χ0) is 18.0. The molecule has 0 aromatic rings. The number of nitrogens with two attached hydrogens (primary N) is 3. The summed E-state index contributed by atoms with van der Waals surface area (Å²) in [4.78, 5) is 0. The van der Waals surface area contributed by atoms with Gasteiger partial charge in [-0.15, -0.1) is 0 Å². The van der Waals surface area contributed by atoms with E-state index in [0.29, 0.717) is 13.1 Å². The van der Waals surface area contributed by atoms with E-state index in [9.17, 15) is 0 Å². The van der Waals surface area contributed by atoms with Gasteiger partial charge in [-0.1, -0.05) is 49.3 Å². The van der Waals surface area contributed by atoms with Crippen molar-refractivity contribution in [3.63, 3.8) is 0 Å². The summed E-state index contributed by atoms with van der Waals surface area (Å²) >= 11 is 2.39. The van der Waals surface area contributed by atoms with Crippen molar-refractivity contribution in [3.05, 3.63) is 0 Å². The zero-order valence-corrected chi connectivity index (χ0v) is 25.9. The molecule has 0 rings (SSSR count). The van der Waals surface area contributed by atoms with Gasteiger partial charge in [0.1, 0.15) is 0 Å². The summed E-state index contributed by atoms with van der Waals surface area (Å²) in [6, 6.07) is 0. The Labute approximate surface area is 234 Å².